The summed E-state index contributed by atoms with van der Waals surface area (Å²) < 4.78 is 21.6. The van der Waals surface area contributed by atoms with E-state index in [1.165, 1.54) is 0 Å². The summed E-state index contributed by atoms with van der Waals surface area (Å²) in [5, 5.41) is 8.07. The molecule has 0 unspecified atom stereocenters. The topological polar surface area (TPSA) is 98.2 Å². The van der Waals surface area contributed by atoms with E-state index in [-0.39, 0.29) is 5.75 Å². The standard InChI is InChI=1S/C11H17N3O2S2/c1-8-4-2-5-9(11(12)17)10(8)14-6-3-7-18(13,15)16/h2,4-5,14H,3,6-7H2,1H3,(H2,12,17)(H2,13,15,16). The lowest BCUT2D eigenvalue weighted by molar-refractivity contribution is 0.596. The van der Waals surface area contributed by atoms with Gasteiger partial charge in [0.05, 0.1) is 5.75 Å². The quantitative estimate of drug-likeness (QED) is 0.529. The molecular weight excluding hydrogens is 270 g/mol. The smallest absolute Gasteiger partial charge is 0.209 e. The first-order chi connectivity index (χ1) is 8.31. The van der Waals surface area contributed by atoms with Crippen molar-refractivity contribution in [2.45, 2.75) is 13.3 Å². The first-order valence-corrected chi connectivity index (χ1v) is 7.57. The number of rotatable bonds is 6. The highest BCUT2D eigenvalue weighted by molar-refractivity contribution is 7.89. The summed E-state index contributed by atoms with van der Waals surface area (Å²) >= 11 is 4.97. The number of anilines is 1. The van der Waals surface area contributed by atoms with Crippen molar-refractivity contribution in [3.63, 3.8) is 0 Å². The van der Waals surface area contributed by atoms with Gasteiger partial charge >= 0.3 is 0 Å². The van der Waals surface area contributed by atoms with Crippen molar-refractivity contribution >= 4 is 32.9 Å². The fourth-order valence-corrected chi connectivity index (χ4v) is 2.31. The molecule has 0 saturated carbocycles. The maximum Gasteiger partial charge on any atom is 0.209 e. The molecule has 5 N–H and O–H groups in total. The SMILES string of the molecule is Cc1cccc(C(N)=S)c1NCCCS(N)(=O)=O. The molecule has 0 aliphatic carbocycles. The first-order valence-electron chi connectivity index (χ1n) is 5.45. The molecule has 0 aromatic heterocycles. The van der Waals surface area contributed by atoms with E-state index < -0.39 is 10.0 Å². The van der Waals surface area contributed by atoms with Gasteiger partial charge in [-0.05, 0) is 25.0 Å². The predicted octanol–water partition coefficient (Wildman–Crippen LogP) is 0.720. The summed E-state index contributed by atoms with van der Waals surface area (Å²) in [7, 11) is -3.41. The Kier molecular flexibility index (Phi) is 5.06. The molecule has 0 saturated heterocycles. The molecule has 0 aliphatic rings. The van der Waals surface area contributed by atoms with Crippen LogP contribution in [-0.4, -0.2) is 25.7 Å². The van der Waals surface area contributed by atoms with Crippen molar-refractivity contribution in [3.05, 3.63) is 29.3 Å². The second-order valence-electron chi connectivity index (χ2n) is 4.01. The van der Waals surface area contributed by atoms with E-state index in [4.69, 9.17) is 23.1 Å². The Hall–Kier alpha value is -1.18. The highest BCUT2D eigenvalue weighted by atomic mass is 32.2. The second-order valence-corrected chi connectivity index (χ2v) is 6.18. The van der Waals surface area contributed by atoms with E-state index >= 15 is 0 Å². The summed E-state index contributed by atoms with van der Waals surface area (Å²) in [5.74, 6) is -0.0473. The van der Waals surface area contributed by atoms with Crippen LogP contribution in [-0.2, 0) is 10.0 Å². The molecular formula is C11H17N3O2S2. The summed E-state index contributed by atoms with van der Waals surface area (Å²) in [6, 6.07) is 5.64. The third-order valence-corrected chi connectivity index (χ3v) is 3.52. The average molecular weight is 287 g/mol. The van der Waals surface area contributed by atoms with Crippen LogP contribution in [0, 0.1) is 6.92 Å². The number of benzene rings is 1. The van der Waals surface area contributed by atoms with Gasteiger partial charge in [0.25, 0.3) is 0 Å². The van der Waals surface area contributed by atoms with Gasteiger partial charge in [-0.3, -0.25) is 0 Å². The van der Waals surface area contributed by atoms with Crippen molar-refractivity contribution in [3.8, 4) is 0 Å². The number of sulfonamides is 1. The van der Waals surface area contributed by atoms with Crippen LogP contribution >= 0.6 is 12.2 Å². The Morgan fingerprint density at radius 1 is 1.44 bits per heavy atom. The number of aryl methyl sites for hydroxylation is 1. The Morgan fingerprint density at radius 2 is 2.11 bits per heavy atom. The van der Waals surface area contributed by atoms with Crippen LogP contribution in [0.1, 0.15) is 17.5 Å². The zero-order valence-corrected chi connectivity index (χ0v) is 11.8. The van der Waals surface area contributed by atoms with Crippen molar-refractivity contribution < 1.29 is 8.42 Å². The van der Waals surface area contributed by atoms with E-state index in [9.17, 15) is 8.42 Å². The number of para-hydroxylation sites is 1. The third kappa shape index (κ3) is 4.59. The minimum absolute atomic E-state index is 0.0473. The Bertz CT molecular complexity index is 541. The number of nitrogens with two attached hydrogens (primary N) is 2. The van der Waals surface area contributed by atoms with Gasteiger partial charge in [-0.25, -0.2) is 13.6 Å². The molecule has 1 aromatic carbocycles. The molecule has 0 amide bonds. The van der Waals surface area contributed by atoms with Gasteiger partial charge in [0.15, 0.2) is 0 Å². The molecule has 0 fully saturated rings. The highest BCUT2D eigenvalue weighted by Crippen LogP contribution is 2.20. The van der Waals surface area contributed by atoms with Crippen molar-refractivity contribution in [2.24, 2.45) is 10.9 Å². The first kappa shape index (κ1) is 14.9. The van der Waals surface area contributed by atoms with Gasteiger partial charge in [0.2, 0.25) is 10.0 Å². The molecule has 0 atom stereocenters. The lowest BCUT2D eigenvalue weighted by atomic mass is 10.1. The van der Waals surface area contributed by atoms with Crippen molar-refractivity contribution in [2.75, 3.05) is 17.6 Å². The summed E-state index contributed by atoms with van der Waals surface area (Å²) in [6.07, 6.45) is 0.434. The third-order valence-electron chi connectivity index (χ3n) is 2.45. The maximum atomic E-state index is 10.8. The van der Waals surface area contributed by atoms with Crippen LogP contribution in [0.15, 0.2) is 18.2 Å². The fraction of sp³-hybridized carbons (Fsp3) is 0.364. The number of thiocarbonyl (C=S) groups is 1. The van der Waals surface area contributed by atoms with E-state index in [2.05, 4.69) is 5.32 Å². The zero-order chi connectivity index (χ0) is 13.8. The summed E-state index contributed by atoms with van der Waals surface area (Å²) in [6.45, 7) is 2.43. The van der Waals surface area contributed by atoms with Gasteiger partial charge in [-0.1, -0.05) is 24.4 Å². The van der Waals surface area contributed by atoms with Gasteiger partial charge in [-0.2, -0.15) is 0 Å². The lowest BCUT2D eigenvalue weighted by Crippen LogP contribution is -2.20. The summed E-state index contributed by atoms with van der Waals surface area (Å²) in [4.78, 5) is 0.313. The zero-order valence-electron chi connectivity index (χ0n) is 10.1. The normalized spacial score (nSPS) is 11.2. The molecule has 1 rings (SSSR count). The average Bonchev–Trinajstić information content (AvgIpc) is 2.24. The number of hydrogen-bond acceptors (Lipinski definition) is 4. The lowest BCUT2D eigenvalue weighted by Gasteiger charge is -2.13. The van der Waals surface area contributed by atoms with Crippen LogP contribution in [0.4, 0.5) is 5.69 Å². The van der Waals surface area contributed by atoms with Gasteiger partial charge in [0, 0.05) is 17.8 Å². The van der Waals surface area contributed by atoms with E-state index in [1.807, 2.05) is 25.1 Å². The minimum atomic E-state index is -3.41. The minimum Gasteiger partial charge on any atom is -0.389 e. The van der Waals surface area contributed by atoms with E-state index in [1.54, 1.807) is 0 Å². The van der Waals surface area contributed by atoms with Crippen molar-refractivity contribution in [1.29, 1.82) is 0 Å². The second kappa shape index (κ2) is 6.12. The number of hydrogen-bond donors (Lipinski definition) is 3. The number of primary sulfonamides is 1. The summed E-state index contributed by atoms with van der Waals surface area (Å²) in [5.41, 5.74) is 8.25. The molecule has 100 valence electrons. The van der Waals surface area contributed by atoms with E-state index in [0.717, 1.165) is 16.8 Å². The van der Waals surface area contributed by atoms with Crippen LogP contribution in [0.25, 0.3) is 0 Å². The largest absolute Gasteiger partial charge is 0.389 e. The van der Waals surface area contributed by atoms with Crippen LogP contribution in [0.5, 0.6) is 0 Å². The Morgan fingerprint density at radius 3 is 2.67 bits per heavy atom. The Labute approximate surface area is 113 Å². The van der Waals surface area contributed by atoms with Gasteiger partial charge in [0.1, 0.15) is 4.99 Å². The molecule has 0 spiro atoms. The van der Waals surface area contributed by atoms with E-state index in [0.29, 0.717) is 18.0 Å². The molecule has 0 heterocycles. The van der Waals surface area contributed by atoms with Crippen molar-refractivity contribution in [1.82, 2.24) is 0 Å². The molecule has 0 aliphatic heterocycles. The van der Waals surface area contributed by atoms with Gasteiger partial charge in [-0.15, -0.1) is 0 Å². The molecule has 0 radical (unpaired) electrons. The highest BCUT2D eigenvalue weighted by Gasteiger charge is 2.08. The van der Waals surface area contributed by atoms with Crippen LogP contribution in [0.2, 0.25) is 0 Å². The van der Waals surface area contributed by atoms with Crippen LogP contribution < -0.4 is 16.2 Å². The maximum absolute atomic E-state index is 10.8. The fourth-order valence-electron chi connectivity index (χ4n) is 1.59. The molecule has 5 nitrogen and oxygen atoms in total. The van der Waals surface area contributed by atoms with Crippen LogP contribution in [0.3, 0.4) is 0 Å². The van der Waals surface area contributed by atoms with Gasteiger partial charge < -0.3 is 11.1 Å². The molecule has 7 heteroatoms. The Balaban J connectivity index is 2.70. The molecule has 0 bridgehead atoms. The predicted molar refractivity (Wildman–Crippen MR) is 78.1 cm³/mol. The number of nitrogens with one attached hydrogen (secondary N) is 1. The monoisotopic (exact) mass is 287 g/mol. The molecule has 1 aromatic rings. The molecule has 18 heavy (non-hydrogen) atoms.